The summed E-state index contributed by atoms with van der Waals surface area (Å²) < 4.78 is -1.79. The average molecular weight is 264 g/mol. The summed E-state index contributed by atoms with van der Waals surface area (Å²) in [6, 6.07) is -1.31. The molecule has 8 heteroatoms. The number of nitro groups is 2. The van der Waals surface area contributed by atoms with E-state index < -0.39 is 20.3 Å². The lowest BCUT2D eigenvalue weighted by Gasteiger charge is -2.21. The van der Waals surface area contributed by atoms with Gasteiger partial charge in [-0.25, -0.2) is 0 Å². The fourth-order valence-electron chi connectivity index (χ4n) is 1.05. The molecule has 0 aromatic carbocycles. The number of hydrogen-bond acceptors (Lipinski definition) is 5. The van der Waals surface area contributed by atoms with Gasteiger partial charge in [0.1, 0.15) is 0 Å². The molecule has 2 N–H and O–H groups in total. The maximum atomic E-state index is 10.6. The highest BCUT2D eigenvalue weighted by Crippen LogP contribution is 2.31. The number of hydrogen-bond donors (Lipinski definition) is 1. The van der Waals surface area contributed by atoms with Crippen LogP contribution in [0.5, 0.6) is 0 Å². The van der Waals surface area contributed by atoms with Crippen molar-refractivity contribution >= 4 is 15.9 Å². The Morgan fingerprint density at radius 3 is 2.50 bits per heavy atom. The van der Waals surface area contributed by atoms with Gasteiger partial charge in [0.25, 0.3) is 5.70 Å². The maximum Gasteiger partial charge on any atom is 0.318 e. The van der Waals surface area contributed by atoms with E-state index in [9.17, 15) is 20.2 Å². The van der Waals surface area contributed by atoms with Crippen molar-refractivity contribution in [1.29, 1.82) is 0 Å². The van der Waals surface area contributed by atoms with E-state index in [1.807, 2.05) is 0 Å². The summed E-state index contributed by atoms with van der Waals surface area (Å²) in [6.07, 6.45) is 3.55. The van der Waals surface area contributed by atoms with Crippen molar-refractivity contribution in [2.75, 3.05) is 0 Å². The van der Waals surface area contributed by atoms with Crippen molar-refractivity contribution in [2.45, 2.75) is 10.5 Å². The SMILES string of the molecule is NC1C([N+](=O)[O-])=CC=CC1(Br)[N+](=O)[O-]. The summed E-state index contributed by atoms with van der Waals surface area (Å²) in [4.78, 5) is 19.7. The van der Waals surface area contributed by atoms with Crippen LogP contribution in [-0.4, -0.2) is 20.3 Å². The Kier molecular flexibility index (Phi) is 2.67. The van der Waals surface area contributed by atoms with E-state index in [0.717, 1.165) is 6.08 Å². The molecule has 7 nitrogen and oxygen atoms in total. The second kappa shape index (κ2) is 3.46. The van der Waals surface area contributed by atoms with Crippen LogP contribution in [0.2, 0.25) is 0 Å². The van der Waals surface area contributed by atoms with Crippen molar-refractivity contribution in [1.82, 2.24) is 0 Å². The summed E-state index contributed by atoms with van der Waals surface area (Å²) in [7, 11) is 0. The number of nitrogens with zero attached hydrogens (tertiary/aromatic N) is 2. The first-order valence-electron chi connectivity index (χ1n) is 3.52. The fourth-order valence-corrected chi connectivity index (χ4v) is 1.43. The Bertz CT molecular complexity index is 353. The first-order valence-corrected chi connectivity index (χ1v) is 4.31. The van der Waals surface area contributed by atoms with E-state index in [2.05, 4.69) is 15.9 Å². The molecule has 0 fully saturated rings. The predicted molar refractivity (Wildman–Crippen MR) is 50.8 cm³/mol. The second-order valence-corrected chi connectivity index (χ2v) is 3.94. The molecule has 0 radical (unpaired) electrons. The van der Waals surface area contributed by atoms with Crippen LogP contribution in [0.15, 0.2) is 23.9 Å². The Morgan fingerprint density at radius 2 is 2.07 bits per heavy atom. The molecule has 1 rings (SSSR count). The molecule has 2 atom stereocenters. The quantitative estimate of drug-likeness (QED) is 0.336. The molecule has 2 unspecified atom stereocenters. The maximum absolute atomic E-state index is 10.6. The van der Waals surface area contributed by atoms with Crippen LogP contribution >= 0.6 is 15.9 Å². The van der Waals surface area contributed by atoms with Gasteiger partial charge in [-0.2, -0.15) is 0 Å². The van der Waals surface area contributed by atoms with Gasteiger partial charge in [0, 0.05) is 33.0 Å². The van der Waals surface area contributed by atoms with Crippen molar-refractivity contribution in [3.63, 3.8) is 0 Å². The van der Waals surface area contributed by atoms with Crippen molar-refractivity contribution in [3.8, 4) is 0 Å². The third-order valence-electron chi connectivity index (χ3n) is 1.84. The fraction of sp³-hybridized carbons (Fsp3) is 0.333. The lowest BCUT2D eigenvalue weighted by molar-refractivity contribution is -0.532. The van der Waals surface area contributed by atoms with E-state index in [0.29, 0.717) is 0 Å². The van der Waals surface area contributed by atoms with Crippen LogP contribution in [0.4, 0.5) is 0 Å². The van der Waals surface area contributed by atoms with Crippen LogP contribution < -0.4 is 5.73 Å². The monoisotopic (exact) mass is 263 g/mol. The molecule has 0 spiro atoms. The lowest BCUT2D eigenvalue weighted by Crippen LogP contribution is -2.51. The number of alkyl halides is 1. The van der Waals surface area contributed by atoms with E-state index in [-0.39, 0.29) is 5.70 Å². The van der Waals surface area contributed by atoms with Crippen molar-refractivity contribution in [3.05, 3.63) is 44.2 Å². The molecule has 0 bridgehead atoms. The summed E-state index contributed by atoms with van der Waals surface area (Å²) >= 11 is 2.78. The molecule has 76 valence electrons. The minimum absolute atomic E-state index is 0.388. The van der Waals surface area contributed by atoms with E-state index >= 15 is 0 Å². The van der Waals surface area contributed by atoms with Crippen LogP contribution in [0.25, 0.3) is 0 Å². The van der Waals surface area contributed by atoms with Gasteiger partial charge in [0.05, 0.1) is 4.92 Å². The summed E-state index contributed by atoms with van der Waals surface area (Å²) in [6.45, 7) is 0. The van der Waals surface area contributed by atoms with Gasteiger partial charge in [-0.15, -0.1) is 0 Å². The van der Waals surface area contributed by atoms with Crippen LogP contribution in [0.1, 0.15) is 0 Å². The molecule has 0 heterocycles. The van der Waals surface area contributed by atoms with Crippen molar-refractivity contribution < 1.29 is 9.85 Å². The Morgan fingerprint density at radius 1 is 1.50 bits per heavy atom. The summed E-state index contributed by atoms with van der Waals surface area (Å²) in [5.41, 5.74) is 5.02. The minimum atomic E-state index is -1.79. The highest BCUT2D eigenvalue weighted by molar-refractivity contribution is 9.10. The first kappa shape index (κ1) is 10.8. The molecular formula is C6H6BrN3O4. The molecule has 0 aliphatic heterocycles. The number of nitrogens with two attached hydrogens (primary N) is 1. The molecule has 0 amide bonds. The smallest absolute Gasteiger partial charge is 0.312 e. The van der Waals surface area contributed by atoms with Gasteiger partial charge < -0.3 is 5.73 Å². The second-order valence-electron chi connectivity index (χ2n) is 2.67. The third kappa shape index (κ3) is 1.53. The number of allylic oxidation sites excluding steroid dienone is 2. The topological polar surface area (TPSA) is 112 Å². The van der Waals surface area contributed by atoms with Gasteiger partial charge >= 0.3 is 4.45 Å². The van der Waals surface area contributed by atoms with Gasteiger partial charge in [-0.05, 0) is 0 Å². The van der Waals surface area contributed by atoms with Gasteiger partial charge in [-0.3, -0.25) is 20.2 Å². The van der Waals surface area contributed by atoms with Crippen LogP contribution in [0.3, 0.4) is 0 Å². The third-order valence-corrected chi connectivity index (χ3v) is 2.89. The Balaban J connectivity index is 3.11. The largest absolute Gasteiger partial charge is 0.318 e. The van der Waals surface area contributed by atoms with Gasteiger partial charge in [-0.1, -0.05) is 6.08 Å². The highest BCUT2D eigenvalue weighted by atomic mass is 79.9. The minimum Gasteiger partial charge on any atom is -0.312 e. The molecule has 1 aliphatic rings. The summed E-state index contributed by atoms with van der Waals surface area (Å²) in [5.74, 6) is 0. The Hall–Kier alpha value is -1.28. The van der Waals surface area contributed by atoms with Gasteiger partial charge in [0.15, 0.2) is 6.04 Å². The average Bonchev–Trinajstić information content (AvgIpc) is 2.09. The first-order chi connectivity index (χ1) is 6.39. The normalized spacial score (nSPS) is 31.0. The van der Waals surface area contributed by atoms with Crippen LogP contribution in [0, 0.1) is 20.2 Å². The van der Waals surface area contributed by atoms with Crippen LogP contribution in [-0.2, 0) is 0 Å². The molecule has 14 heavy (non-hydrogen) atoms. The highest BCUT2D eigenvalue weighted by Gasteiger charge is 2.51. The molecule has 1 aliphatic carbocycles. The Labute approximate surface area is 86.7 Å². The number of halogens is 1. The van der Waals surface area contributed by atoms with E-state index in [1.165, 1.54) is 12.2 Å². The predicted octanol–water partition coefficient (Wildman–Crippen LogP) is 0.412. The zero-order valence-corrected chi connectivity index (χ0v) is 8.38. The van der Waals surface area contributed by atoms with E-state index in [1.54, 1.807) is 0 Å². The standard InChI is InChI=1S/C6H6BrN3O4/c7-6(10(13)14)3-1-2-4(5(6)8)9(11)12/h1-3,5H,8H2. The molecular weight excluding hydrogens is 258 g/mol. The summed E-state index contributed by atoms with van der Waals surface area (Å²) in [5, 5.41) is 21.1. The van der Waals surface area contributed by atoms with E-state index in [4.69, 9.17) is 5.73 Å². The molecule has 0 saturated heterocycles. The molecule has 0 aromatic heterocycles. The van der Waals surface area contributed by atoms with Crippen molar-refractivity contribution in [2.24, 2.45) is 5.73 Å². The molecule has 0 saturated carbocycles. The zero-order chi connectivity index (χ0) is 10.9. The zero-order valence-electron chi connectivity index (χ0n) is 6.79. The molecule has 0 aromatic rings. The van der Waals surface area contributed by atoms with Gasteiger partial charge in [0.2, 0.25) is 0 Å². The lowest BCUT2D eigenvalue weighted by atomic mass is 10.0. The number of rotatable bonds is 2.